The maximum Gasteiger partial charge on any atom is 1.00 e. The minimum atomic E-state index is -0.558. The Morgan fingerprint density at radius 2 is 1.79 bits per heavy atom. The van der Waals surface area contributed by atoms with Crippen LogP contribution in [0, 0.1) is 25.7 Å². The van der Waals surface area contributed by atoms with Gasteiger partial charge in [-0.15, -0.1) is 12.0 Å². The Morgan fingerprint density at radius 3 is 2.29 bits per heavy atom. The zero-order valence-electron chi connectivity index (χ0n) is 19.5. The van der Waals surface area contributed by atoms with Crippen LogP contribution in [-0.2, 0) is 11.2 Å². The van der Waals surface area contributed by atoms with Gasteiger partial charge >= 0.3 is 51.4 Å². The van der Waals surface area contributed by atoms with Crippen LogP contribution in [0.2, 0.25) is 5.02 Å². The number of hydrogen-bond acceptors (Lipinski definition) is 3. The van der Waals surface area contributed by atoms with Gasteiger partial charge in [-0.05, 0) is 36.0 Å². The van der Waals surface area contributed by atoms with Crippen molar-refractivity contribution in [1.29, 1.82) is 0 Å². The van der Waals surface area contributed by atoms with Crippen LogP contribution in [0.5, 0.6) is 0 Å². The molecule has 0 radical (unpaired) electrons. The van der Waals surface area contributed by atoms with E-state index in [4.69, 9.17) is 17.3 Å². The number of anilines is 1. The number of nitrogens with two attached hydrogens (primary N) is 1. The first-order valence-corrected chi connectivity index (χ1v) is 10.7. The Bertz CT molecular complexity index is 1070. The first-order valence-electron chi connectivity index (χ1n) is 10.3. The van der Waals surface area contributed by atoms with Crippen molar-refractivity contribution < 1.29 is 65.4 Å². The molecule has 1 aromatic heterocycles. The molecule has 8 heteroatoms. The number of nitrogens with zero attached hydrogens (tertiary/aromatic N) is 2. The van der Waals surface area contributed by atoms with Gasteiger partial charge in [-0.1, -0.05) is 35.4 Å². The largest absolute Gasteiger partial charge is 1.00 e. The van der Waals surface area contributed by atoms with Gasteiger partial charge in [0.1, 0.15) is 5.82 Å². The summed E-state index contributed by atoms with van der Waals surface area (Å²) in [4.78, 5) is 29.4. The van der Waals surface area contributed by atoms with Crippen LogP contribution in [0.25, 0.3) is 11.1 Å². The van der Waals surface area contributed by atoms with Gasteiger partial charge in [-0.3, -0.25) is 14.6 Å². The zero-order valence-corrected chi connectivity index (χ0v) is 23.4. The average molecular weight is 506 g/mol. The Balaban J connectivity index is 0.000000873. The number of amides is 2. The number of aromatic nitrogens is 1. The molecule has 1 heterocycles. The summed E-state index contributed by atoms with van der Waals surface area (Å²) < 4.78 is 13.0. The summed E-state index contributed by atoms with van der Waals surface area (Å²) in [5, 5.41) is 0.439. The van der Waals surface area contributed by atoms with Gasteiger partial charge in [0, 0.05) is 23.5 Å². The second-order valence-corrected chi connectivity index (χ2v) is 7.61. The number of rotatable bonds is 7. The number of halogens is 2. The van der Waals surface area contributed by atoms with E-state index < -0.39 is 5.91 Å². The van der Waals surface area contributed by atoms with Crippen molar-refractivity contribution in [1.82, 2.24) is 4.98 Å². The smallest absolute Gasteiger partial charge is 0.366 e. The molecular formula is C26H26ClFKN3O2-2. The van der Waals surface area contributed by atoms with Crippen molar-refractivity contribution >= 4 is 29.2 Å². The molecule has 0 fully saturated rings. The van der Waals surface area contributed by atoms with Gasteiger partial charge in [0.2, 0.25) is 11.8 Å². The van der Waals surface area contributed by atoms with E-state index in [9.17, 15) is 14.0 Å². The summed E-state index contributed by atoms with van der Waals surface area (Å²) in [5.74, 6) is -0.790. The molecule has 0 aliphatic rings. The molecule has 2 N–H and O–H groups in total. The van der Waals surface area contributed by atoms with E-state index in [1.807, 2.05) is 0 Å². The molecule has 0 bridgehead atoms. The molecule has 0 aliphatic heterocycles. The van der Waals surface area contributed by atoms with Gasteiger partial charge in [0.15, 0.2) is 0 Å². The molecule has 3 rings (SSSR count). The standard InChI is InChI=1S/C21H16ClFN3O2.C5H10.K/c1-26(20(27)10-13-2-6-16(23)7-3-13)19-9-5-15(12-25-19)17-11-14(21(24)28)4-8-18(17)22;1-3-5-4-2;/h2-8,11-12H,10H2,1H3,(H2,24,28);1-5H2;/q-1;-2;+1. The molecule has 0 saturated heterocycles. The molecule has 0 aliphatic carbocycles. The predicted molar refractivity (Wildman–Crippen MR) is 130 cm³/mol. The van der Waals surface area contributed by atoms with Crippen LogP contribution in [0.1, 0.15) is 35.2 Å². The van der Waals surface area contributed by atoms with E-state index in [1.165, 1.54) is 23.5 Å². The summed E-state index contributed by atoms with van der Waals surface area (Å²) in [6.45, 7) is 7.27. The van der Waals surface area contributed by atoms with Crippen molar-refractivity contribution in [3.63, 3.8) is 0 Å². The van der Waals surface area contributed by atoms with E-state index in [2.05, 4.69) is 24.9 Å². The fraction of sp³-hybridized carbons (Fsp3) is 0.192. The SMILES string of the molecule is CN(C(=O)Cc1ccc(F)cc1)c1[c-]cc(-c2cc(C(N)=O)ccc2Cl)cn1.[CH2-]CCC[CH2-].[K+]. The third kappa shape index (κ3) is 9.21. The van der Waals surface area contributed by atoms with Gasteiger partial charge in [0.05, 0.1) is 6.42 Å². The van der Waals surface area contributed by atoms with Crippen molar-refractivity contribution in [2.45, 2.75) is 25.7 Å². The molecule has 174 valence electrons. The van der Waals surface area contributed by atoms with Gasteiger partial charge in [-0.2, -0.15) is 12.8 Å². The van der Waals surface area contributed by atoms with Crippen LogP contribution in [0.3, 0.4) is 0 Å². The summed E-state index contributed by atoms with van der Waals surface area (Å²) in [5.41, 5.74) is 7.56. The Morgan fingerprint density at radius 1 is 1.15 bits per heavy atom. The summed E-state index contributed by atoms with van der Waals surface area (Å²) in [6, 6.07) is 15.0. The number of primary amides is 1. The minimum absolute atomic E-state index is 0. The summed E-state index contributed by atoms with van der Waals surface area (Å²) in [7, 11) is 1.59. The Hall–Kier alpha value is -1.61. The fourth-order valence-electron chi connectivity index (χ4n) is 2.77. The molecule has 2 amide bonds. The number of benzene rings is 2. The molecule has 0 spiro atoms. The van der Waals surface area contributed by atoms with Crippen molar-refractivity contribution in [3.05, 3.63) is 96.6 Å². The maximum absolute atomic E-state index is 13.0. The molecule has 5 nitrogen and oxygen atoms in total. The molecule has 0 atom stereocenters. The molecule has 34 heavy (non-hydrogen) atoms. The Kier molecular flexibility index (Phi) is 13.8. The monoisotopic (exact) mass is 505 g/mol. The number of unbranched alkanes of at least 4 members (excludes halogenated alkanes) is 2. The van der Waals surface area contributed by atoms with Gasteiger partial charge < -0.3 is 24.5 Å². The van der Waals surface area contributed by atoms with E-state index in [0.717, 1.165) is 12.8 Å². The number of hydrogen-bond donors (Lipinski definition) is 1. The number of likely N-dealkylation sites (N-methyl/N-ethyl adjacent to an activating group) is 1. The van der Waals surface area contributed by atoms with Crippen LogP contribution >= 0.6 is 11.6 Å². The van der Waals surface area contributed by atoms with E-state index in [1.54, 1.807) is 49.6 Å². The minimum Gasteiger partial charge on any atom is -0.366 e. The third-order valence-corrected chi connectivity index (χ3v) is 5.03. The van der Waals surface area contributed by atoms with E-state index in [-0.39, 0.29) is 69.5 Å². The Labute approximate surface area is 248 Å². The summed E-state index contributed by atoms with van der Waals surface area (Å²) >= 11 is 6.20. The summed E-state index contributed by atoms with van der Waals surface area (Å²) in [6.07, 6.45) is 4.88. The molecule has 2 aromatic carbocycles. The van der Waals surface area contributed by atoms with Crippen molar-refractivity contribution in [2.24, 2.45) is 5.73 Å². The van der Waals surface area contributed by atoms with E-state index >= 15 is 0 Å². The predicted octanol–water partition coefficient (Wildman–Crippen LogP) is 2.47. The van der Waals surface area contributed by atoms with Crippen LogP contribution in [-0.4, -0.2) is 23.8 Å². The topological polar surface area (TPSA) is 76.3 Å². The van der Waals surface area contributed by atoms with Crippen molar-refractivity contribution in [2.75, 3.05) is 11.9 Å². The second-order valence-electron chi connectivity index (χ2n) is 7.20. The molecule has 0 saturated carbocycles. The molecular weight excluding hydrogens is 480 g/mol. The van der Waals surface area contributed by atoms with Crippen LogP contribution in [0.4, 0.5) is 10.2 Å². The number of pyridine rings is 1. The normalized spacial score (nSPS) is 9.91. The maximum atomic E-state index is 13.0. The number of carbonyl (C=O) groups is 2. The average Bonchev–Trinajstić information content (AvgIpc) is 2.81. The second kappa shape index (κ2) is 15.4. The van der Waals surface area contributed by atoms with Crippen molar-refractivity contribution in [3.8, 4) is 11.1 Å². The number of carbonyl (C=O) groups excluding carboxylic acids is 2. The fourth-order valence-corrected chi connectivity index (χ4v) is 3.00. The third-order valence-electron chi connectivity index (χ3n) is 4.70. The first kappa shape index (κ1) is 30.4. The van der Waals surface area contributed by atoms with E-state index in [0.29, 0.717) is 33.1 Å². The van der Waals surface area contributed by atoms with Crippen LogP contribution < -0.4 is 62.0 Å². The van der Waals surface area contributed by atoms with Crippen LogP contribution in [0.15, 0.2) is 54.7 Å². The zero-order chi connectivity index (χ0) is 24.4. The van der Waals surface area contributed by atoms with Gasteiger partial charge in [-0.25, -0.2) is 16.5 Å². The molecule has 3 aromatic rings. The quantitative estimate of drug-likeness (QED) is 0.396. The molecule has 0 unspecified atom stereocenters. The van der Waals surface area contributed by atoms with Gasteiger partial charge in [0.25, 0.3) is 0 Å². The first-order chi connectivity index (χ1) is 15.8.